The van der Waals surface area contributed by atoms with E-state index in [0.29, 0.717) is 15.9 Å². The molecule has 0 unspecified atom stereocenters. The number of alkyl halides is 1. The summed E-state index contributed by atoms with van der Waals surface area (Å²) < 4.78 is 0. The molecule has 0 radical (unpaired) electrons. The van der Waals surface area contributed by atoms with Gasteiger partial charge < -0.3 is 10.8 Å². The third-order valence-electron chi connectivity index (χ3n) is 1.39. The van der Waals surface area contributed by atoms with Crippen molar-refractivity contribution in [2.45, 2.75) is 0 Å². The Balaban J connectivity index is 3.20. The van der Waals surface area contributed by atoms with Gasteiger partial charge >= 0.3 is 0 Å². The number of phenolic OH excluding ortho intramolecular Hbond substituents is 1. The second kappa shape index (κ2) is 4.40. The molecule has 4 heteroatoms. The Morgan fingerprint density at radius 1 is 1.54 bits per heavy atom. The van der Waals surface area contributed by atoms with Crippen molar-refractivity contribution in [2.75, 3.05) is 11.1 Å². The van der Waals surface area contributed by atoms with Crippen LogP contribution in [0.5, 0.6) is 5.75 Å². The molecule has 0 fully saturated rings. The van der Waals surface area contributed by atoms with E-state index in [1.807, 2.05) is 0 Å². The minimum Gasteiger partial charge on any atom is -0.505 e. The smallest absolute Gasteiger partial charge is 0.154 e. The molecule has 1 aromatic carbocycles. The molecule has 0 heterocycles. The molecule has 0 bridgehead atoms. The first-order chi connectivity index (χ1) is 6.15. The Labute approximate surface area is 89.8 Å². The summed E-state index contributed by atoms with van der Waals surface area (Å²) in [6, 6.07) is 3.05. The lowest BCUT2D eigenvalue weighted by molar-refractivity contribution is 0.476. The van der Waals surface area contributed by atoms with Crippen molar-refractivity contribution < 1.29 is 5.11 Å². The maximum Gasteiger partial charge on any atom is 0.154 e. The number of rotatable bonds is 0. The Kier molecular flexibility index (Phi) is 3.47. The van der Waals surface area contributed by atoms with Gasteiger partial charge in [-0.1, -0.05) is 39.4 Å². The monoisotopic (exact) mass is 259 g/mol. The fraction of sp³-hybridized carbons (Fsp3) is 0.111. The zero-order chi connectivity index (χ0) is 9.84. The maximum absolute atomic E-state index is 9.45. The minimum atomic E-state index is -0.0159. The van der Waals surface area contributed by atoms with E-state index < -0.39 is 0 Å². The highest BCUT2D eigenvalue weighted by Gasteiger charge is 2.03. The average molecular weight is 261 g/mol. The van der Waals surface area contributed by atoms with E-state index in [1.54, 1.807) is 6.07 Å². The lowest BCUT2D eigenvalue weighted by Gasteiger charge is -2.01. The van der Waals surface area contributed by atoms with Crippen molar-refractivity contribution in [1.82, 2.24) is 0 Å². The van der Waals surface area contributed by atoms with E-state index in [-0.39, 0.29) is 11.4 Å². The molecule has 0 aliphatic carbocycles. The van der Waals surface area contributed by atoms with Crippen LogP contribution in [0.2, 0.25) is 5.02 Å². The first-order valence-electron chi connectivity index (χ1n) is 3.48. The van der Waals surface area contributed by atoms with Gasteiger partial charge in [0.25, 0.3) is 0 Å². The molecule has 0 saturated carbocycles. The standard InChI is InChI=1S/C9H7BrClNO/c10-3-1-2-6-4-7(11)5-8(12)9(6)13/h4-5,13H,3,12H2. The predicted octanol–water partition coefficient (Wildman–Crippen LogP) is 2.37. The summed E-state index contributed by atoms with van der Waals surface area (Å²) in [6.07, 6.45) is 0. The molecular formula is C9H7BrClNO. The van der Waals surface area contributed by atoms with Crippen LogP contribution in [0.3, 0.4) is 0 Å². The molecule has 0 saturated heterocycles. The number of nitrogens with two attached hydrogens (primary N) is 1. The number of nitrogen functional groups attached to an aromatic ring is 1. The van der Waals surface area contributed by atoms with Gasteiger partial charge in [0, 0.05) is 5.02 Å². The maximum atomic E-state index is 9.45. The van der Waals surface area contributed by atoms with Crippen molar-refractivity contribution in [1.29, 1.82) is 0 Å². The fourth-order valence-electron chi connectivity index (χ4n) is 0.844. The van der Waals surface area contributed by atoms with Crippen LogP contribution in [0.1, 0.15) is 5.56 Å². The molecule has 0 aliphatic rings. The molecule has 2 nitrogen and oxygen atoms in total. The topological polar surface area (TPSA) is 46.2 Å². The summed E-state index contributed by atoms with van der Waals surface area (Å²) in [6.45, 7) is 0. The summed E-state index contributed by atoms with van der Waals surface area (Å²) in [7, 11) is 0. The first kappa shape index (κ1) is 10.2. The van der Waals surface area contributed by atoms with Crippen molar-refractivity contribution in [3.63, 3.8) is 0 Å². The number of anilines is 1. The van der Waals surface area contributed by atoms with Gasteiger partial charge in [0.1, 0.15) is 0 Å². The summed E-state index contributed by atoms with van der Waals surface area (Å²) >= 11 is 8.88. The second-order valence-electron chi connectivity index (χ2n) is 2.33. The zero-order valence-corrected chi connectivity index (χ0v) is 8.98. The molecule has 3 N–H and O–H groups in total. The summed E-state index contributed by atoms with van der Waals surface area (Å²) in [4.78, 5) is 0. The molecular weight excluding hydrogens is 253 g/mol. The van der Waals surface area contributed by atoms with Crippen LogP contribution in [0.25, 0.3) is 0 Å². The SMILES string of the molecule is Nc1cc(Cl)cc(C#CCBr)c1O. The molecule has 1 rings (SSSR count). The van der Waals surface area contributed by atoms with E-state index in [2.05, 4.69) is 27.8 Å². The number of phenols is 1. The Bertz CT molecular complexity index is 381. The number of hydrogen-bond acceptors (Lipinski definition) is 2. The molecule has 0 atom stereocenters. The van der Waals surface area contributed by atoms with Gasteiger partial charge in [0.15, 0.2) is 5.75 Å². The van der Waals surface area contributed by atoms with Gasteiger partial charge in [-0.05, 0) is 12.1 Å². The molecule has 0 spiro atoms. The third-order valence-corrected chi connectivity index (χ3v) is 1.89. The van der Waals surface area contributed by atoms with E-state index >= 15 is 0 Å². The number of aromatic hydroxyl groups is 1. The normalized spacial score (nSPS) is 9.08. The van der Waals surface area contributed by atoms with Crippen molar-refractivity contribution >= 4 is 33.2 Å². The Morgan fingerprint density at radius 3 is 2.85 bits per heavy atom. The molecule has 0 amide bonds. The highest BCUT2D eigenvalue weighted by Crippen LogP contribution is 2.28. The largest absolute Gasteiger partial charge is 0.505 e. The lowest BCUT2D eigenvalue weighted by atomic mass is 10.2. The van der Waals surface area contributed by atoms with E-state index in [0.717, 1.165) is 0 Å². The summed E-state index contributed by atoms with van der Waals surface area (Å²) in [5.41, 5.74) is 6.17. The Hall–Kier alpha value is -0.850. The number of hydrogen-bond donors (Lipinski definition) is 2. The predicted molar refractivity (Wildman–Crippen MR) is 58.2 cm³/mol. The minimum absolute atomic E-state index is 0.0159. The van der Waals surface area contributed by atoms with Crippen LogP contribution >= 0.6 is 27.5 Å². The van der Waals surface area contributed by atoms with Crippen LogP contribution < -0.4 is 5.73 Å². The third kappa shape index (κ3) is 2.55. The van der Waals surface area contributed by atoms with Crippen molar-refractivity contribution in [3.8, 4) is 17.6 Å². The molecule has 0 aliphatic heterocycles. The van der Waals surface area contributed by atoms with Gasteiger partial charge in [0.05, 0.1) is 16.6 Å². The van der Waals surface area contributed by atoms with Gasteiger partial charge in [-0.25, -0.2) is 0 Å². The Morgan fingerprint density at radius 2 is 2.23 bits per heavy atom. The van der Waals surface area contributed by atoms with Crippen molar-refractivity contribution in [2.24, 2.45) is 0 Å². The van der Waals surface area contributed by atoms with Gasteiger partial charge in [-0.2, -0.15) is 0 Å². The van der Waals surface area contributed by atoms with Crippen molar-refractivity contribution in [3.05, 3.63) is 22.7 Å². The number of benzene rings is 1. The van der Waals surface area contributed by atoms with Crippen LogP contribution in [0.15, 0.2) is 12.1 Å². The van der Waals surface area contributed by atoms with E-state index in [1.165, 1.54) is 6.07 Å². The summed E-state index contributed by atoms with van der Waals surface area (Å²) in [5.74, 6) is 5.47. The highest BCUT2D eigenvalue weighted by molar-refractivity contribution is 9.09. The second-order valence-corrected chi connectivity index (χ2v) is 3.32. The van der Waals surface area contributed by atoms with E-state index in [4.69, 9.17) is 17.3 Å². The average Bonchev–Trinajstić information content (AvgIpc) is 2.09. The lowest BCUT2D eigenvalue weighted by Crippen LogP contribution is -1.88. The zero-order valence-electron chi connectivity index (χ0n) is 6.64. The summed E-state index contributed by atoms with van der Waals surface area (Å²) in [5, 5.41) is 10.5. The highest BCUT2D eigenvalue weighted by atomic mass is 79.9. The fourth-order valence-corrected chi connectivity index (χ4v) is 1.21. The van der Waals surface area contributed by atoms with E-state index in [9.17, 15) is 5.11 Å². The van der Waals surface area contributed by atoms with Crippen LogP contribution in [-0.4, -0.2) is 10.4 Å². The first-order valence-corrected chi connectivity index (χ1v) is 4.98. The van der Waals surface area contributed by atoms with Gasteiger partial charge in [0.2, 0.25) is 0 Å². The number of halogens is 2. The van der Waals surface area contributed by atoms with Crippen LogP contribution in [-0.2, 0) is 0 Å². The molecule has 1 aromatic rings. The quantitative estimate of drug-likeness (QED) is 0.326. The van der Waals surface area contributed by atoms with Crippen LogP contribution in [0, 0.1) is 11.8 Å². The van der Waals surface area contributed by atoms with Gasteiger partial charge in [-0.15, -0.1) is 0 Å². The molecule has 13 heavy (non-hydrogen) atoms. The van der Waals surface area contributed by atoms with Gasteiger partial charge in [-0.3, -0.25) is 0 Å². The molecule has 68 valence electrons. The van der Waals surface area contributed by atoms with Crippen LogP contribution in [0.4, 0.5) is 5.69 Å². The molecule has 0 aromatic heterocycles.